The molecule has 0 aliphatic carbocycles. The first-order valence-corrected chi connectivity index (χ1v) is 22.6. The number of alkyl halides is 6. The lowest BCUT2D eigenvalue weighted by molar-refractivity contribution is -0.191. The normalized spacial score (nSPS) is 11.3. The predicted molar refractivity (Wildman–Crippen MR) is 255 cm³/mol. The van der Waals surface area contributed by atoms with Gasteiger partial charge in [-0.05, 0) is 81.1 Å². The molecule has 70 heavy (non-hydrogen) atoms. The molecular formula is C52H56F6N6O6. The molecule has 0 saturated carbocycles. The molecule has 0 unspecified atom stereocenters. The van der Waals surface area contributed by atoms with E-state index in [0.717, 1.165) is 68.4 Å². The summed E-state index contributed by atoms with van der Waals surface area (Å²) in [5, 5.41) is 6.43. The summed E-state index contributed by atoms with van der Waals surface area (Å²) in [5.41, 5.74) is 0.730. The molecular weight excluding hydrogens is 919 g/mol. The molecule has 2 N–H and O–H groups in total. The molecule has 0 atom stereocenters. The van der Waals surface area contributed by atoms with Gasteiger partial charge in [-0.1, -0.05) is 106 Å². The van der Waals surface area contributed by atoms with Crippen molar-refractivity contribution in [2.45, 2.75) is 104 Å². The lowest BCUT2D eigenvalue weighted by Crippen LogP contribution is -2.26. The quantitative estimate of drug-likeness (QED) is 0.0513. The summed E-state index contributed by atoms with van der Waals surface area (Å²) < 4.78 is 85.8. The summed E-state index contributed by atoms with van der Waals surface area (Å²) in [4.78, 5) is 63.9. The Kier molecular flexibility index (Phi) is 20.4. The molecule has 12 nitrogen and oxygen atoms in total. The van der Waals surface area contributed by atoms with Crippen LogP contribution < -0.4 is 21.8 Å². The molecule has 18 heteroatoms. The summed E-state index contributed by atoms with van der Waals surface area (Å²) in [6.07, 6.45) is -2.68. The standard InChI is InChI=1S/C28H32F3N3O3.C23H24F3N3O.CO2/c1-5-6-7-15-32-26-33-23(20-11-13-22(14-12-20)28(29,30)31)17-24(35)34(26)18-19-9-8-10-21(16-19)25(36)37-27(2,3)4;1-2-3-7-14-27-22-28-20(18-10-12-19(13-11-18)23(24,25)26)15-21(30)29(22)16-17-8-5-4-6-9-17;2-1-3/h8-14,16-17H,5-7,15,18H2,1-4H3,(H,32,33);4-6,8-13,15H,2-3,7,14,16H2,1H3,(H,27,28);. The van der Waals surface area contributed by atoms with Crippen LogP contribution >= 0.6 is 0 Å². The fourth-order valence-corrected chi connectivity index (χ4v) is 6.78. The van der Waals surface area contributed by atoms with Gasteiger partial charge in [0.15, 0.2) is 0 Å². The van der Waals surface area contributed by atoms with Crippen LogP contribution in [0.3, 0.4) is 0 Å². The van der Waals surface area contributed by atoms with E-state index in [9.17, 15) is 40.7 Å². The molecule has 2 aromatic heterocycles. The van der Waals surface area contributed by atoms with Crippen molar-refractivity contribution < 1.29 is 45.5 Å². The number of rotatable bonds is 17. The maximum absolute atomic E-state index is 13.2. The van der Waals surface area contributed by atoms with Crippen LogP contribution in [-0.2, 0) is 39.8 Å². The Bertz CT molecular complexity index is 2760. The summed E-state index contributed by atoms with van der Waals surface area (Å²) in [5.74, 6) is 0.258. The maximum Gasteiger partial charge on any atom is 0.416 e. The van der Waals surface area contributed by atoms with Gasteiger partial charge in [0, 0.05) is 36.3 Å². The van der Waals surface area contributed by atoms with E-state index in [1.807, 2.05) is 30.3 Å². The van der Waals surface area contributed by atoms with E-state index in [4.69, 9.17) is 14.3 Å². The zero-order valence-corrected chi connectivity index (χ0v) is 39.5. The zero-order valence-electron chi connectivity index (χ0n) is 39.5. The van der Waals surface area contributed by atoms with Crippen molar-refractivity contribution in [1.29, 1.82) is 0 Å². The van der Waals surface area contributed by atoms with Gasteiger partial charge in [0.2, 0.25) is 11.9 Å². The van der Waals surface area contributed by atoms with Gasteiger partial charge < -0.3 is 15.4 Å². The molecule has 0 radical (unpaired) electrons. The summed E-state index contributed by atoms with van der Waals surface area (Å²) in [6, 6.07) is 28.3. The Morgan fingerprint density at radius 3 is 1.40 bits per heavy atom. The summed E-state index contributed by atoms with van der Waals surface area (Å²) in [6.45, 7) is 11.3. The van der Waals surface area contributed by atoms with E-state index in [-0.39, 0.29) is 29.5 Å². The molecule has 0 aliphatic rings. The van der Waals surface area contributed by atoms with Gasteiger partial charge in [-0.3, -0.25) is 18.7 Å². The Morgan fingerprint density at radius 2 is 1.00 bits per heavy atom. The molecule has 0 amide bonds. The van der Waals surface area contributed by atoms with Gasteiger partial charge in [-0.25, -0.2) is 14.8 Å². The van der Waals surface area contributed by atoms with E-state index in [2.05, 4.69) is 34.4 Å². The summed E-state index contributed by atoms with van der Waals surface area (Å²) in [7, 11) is 0. The highest BCUT2D eigenvalue weighted by molar-refractivity contribution is 5.89. The van der Waals surface area contributed by atoms with Crippen molar-refractivity contribution in [3.05, 3.63) is 164 Å². The number of halogens is 6. The molecule has 4 aromatic carbocycles. The minimum absolute atomic E-state index is 0.145. The fraction of sp³-hybridized carbons (Fsp3) is 0.346. The molecule has 0 fully saturated rings. The number of hydrogen-bond acceptors (Lipinski definition) is 10. The minimum Gasteiger partial charge on any atom is -0.456 e. The molecule has 0 spiro atoms. The van der Waals surface area contributed by atoms with Crippen LogP contribution in [0.4, 0.5) is 38.2 Å². The highest BCUT2D eigenvalue weighted by Gasteiger charge is 2.31. The van der Waals surface area contributed by atoms with E-state index in [1.165, 1.54) is 41.0 Å². The maximum atomic E-state index is 13.2. The molecule has 0 bridgehead atoms. The first kappa shape index (κ1) is 55.3. The highest BCUT2D eigenvalue weighted by Crippen LogP contribution is 2.32. The highest BCUT2D eigenvalue weighted by atomic mass is 19.4. The third-order valence-corrected chi connectivity index (χ3v) is 10.2. The second kappa shape index (κ2) is 25.9. The lowest BCUT2D eigenvalue weighted by atomic mass is 10.1. The van der Waals surface area contributed by atoms with Gasteiger partial charge in [0.1, 0.15) is 5.60 Å². The van der Waals surface area contributed by atoms with Crippen LogP contribution in [0, 0.1) is 0 Å². The largest absolute Gasteiger partial charge is 0.456 e. The van der Waals surface area contributed by atoms with E-state index < -0.39 is 35.0 Å². The van der Waals surface area contributed by atoms with Crippen molar-refractivity contribution in [3.8, 4) is 22.5 Å². The topological polar surface area (TPSA) is 154 Å². The smallest absolute Gasteiger partial charge is 0.416 e. The van der Waals surface area contributed by atoms with Crippen LogP contribution in [-0.4, -0.2) is 49.9 Å². The third kappa shape index (κ3) is 17.3. The van der Waals surface area contributed by atoms with Gasteiger partial charge in [0.05, 0.1) is 41.2 Å². The third-order valence-electron chi connectivity index (χ3n) is 10.2. The minimum atomic E-state index is -4.45. The van der Waals surface area contributed by atoms with Crippen molar-refractivity contribution in [3.63, 3.8) is 0 Å². The molecule has 372 valence electrons. The number of esters is 1. The van der Waals surface area contributed by atoms with Crippen LogP contribution in [0.1, 0.15) is 106 Å². The number of aromatic nitrogens is 4. The number of ether oxygens (including phenoxy) is 1. The second-order valence-corrected chi connectivity index (χ2v) is 17.0. The Labute approximate surface area is 401 Å². The number of nitrogens with zero attached hydrogens (tertiary/aromatic N) is 4. The van der Waals surface area contributed by atoms with E-state index >= 15 is 0 Å². The molecule has 2 heterocycles. The van der Waals surface area contributed by atoms with Crippen molar-refractivity contribution in [2.24, 2.45) is 0 Å². The number of carbonyl (C=O) groups excluding carboxylic acids is 3. The van der Waals surface area contributed by atoms with Crippen LogP contribution in [0.2, 0.25) is 0 Å². The second-order valence-electron chi connectivity index (χ2n) is 17.0. The average Bonchev–Trinajstić information content (AvgIpc) is 3.31. The molecule has 6 rings (SSSR count). The predicted octanol–water partition coefficient (Wildman–Crippen LogP) is 11.5. The van der Waals surface area contributed by atoms with Crippen LogP contribution in [0.25, 0.3) is 22.5 Å². The van der Waals surface area contributed by atoms with Gasteiger partial charge in [-0.2, -0.15) is 35.9 Å². The Balaban J connectivity index is 0.000000294. The Morgan fingerprint density at radius 1 is 0.586 bits per heavy atom. The van der Waals surface area contributed by atoms with Crippen LogP contribution in [0.15, 0.2) is 125 Å². The number of anilines is 2. The van der Waals surface area contributed by atoms with Crippen molar-refractivity contribution in [2.75, 3.05) is 23.7 Å². The number of unbranched alkanes of at least 4 members (excludes halogenated alkanes) is 4. The Hall–Kier alpha value is -7.33. The number of hydrogen-bond donors (Lipinski definition) is 2. The van der Waals surface area contributed by atoms with Gasteiger partial charge in [0.25, 0.3) is 11.1 Å². The number of nitrogens with one attached hydrogen (secondary N) is 2. The van der Waals surface area contributed by atoms with Gasteiger partial charge in [-0.15, -0.1) is 0 Å². The SMILES string of the molecule is CCCCCNc1nc(-c2ccc(C(F)(F)F)cc2)cc(=O)n1Cc1cccc(C(=O)OC(C)(C)C)c1.CCCCCNc1nc(-c2ccc(C(F)(F)F)cc2)cc(=O)n1Cc1ccccc1.O=C=O. The van der Waals surface area contributed by atoms with E-state index in [0.29, 0.717) is 59.5 Å². The molecule has 0 aliphatic heterocycles. The number of carbonyl (C=O) groups is 1. The summed E-state index contributed by atoms with van der Waals surface area (Å²) >= 11 is 0. The van der Waals surface area contributed by atoms with Crippen LogP contribution in [0.5, 0.6) is 0 Å². The monoisotopic (exact) mass is 974 g/mol. The first-order valence-electron chi connectivity index (χ1n) is 22.6. The molecule has 0 saturated heterocycles. The fourth-order valence-electron chi connectivity index (χ4n) is 6.78. The van der Waals surface area contributed by atoms with E-state index in [1.54, 1.807) is 49.6 Å². The zero-order chi connectivity index (χ0) is 51.5. The molecule has 6 aromatic rings. The first-order chi connectivity index (χ1) is 33.2. The lowest BCUT2D eigenvalue weighted by Gasteiger charge is -2.20. The average molecular weight is 975 g/mol. The van der Waals surface area contributed by atoms with Crippen molar-refractivity contribution in [1.82, 2.24) is 19.1 Å². The van der Waals surface area contributed by atoms with Crippen molar-refractivity contribution >= 4 is 24.0 Å². The number of benzene rings is 4. The van der Waals surface area contributed by atoms with Gasteiger partial charge >= 0.3 is 24.5 Å².